The average Bonchev–Trinajstić information content (AvgIpc) is 2.87. The molecule has 1 aliphatic rings. The van der Waals surface area contributed by atoms with E-state index < -0.39 is 0 Å². The molecule has 0 saturated carbocycles. The van der Waals surface area contributed by atoms with Crippen LogP contribution in [0.1, 0.15) is 19.8 Å². The molecule has 1 aliphatic heterocycles. The minimum atomic E-state index is -0.170. The summed E-state index contributed by atoms with van der Waals surface area (Å²) in [5.41, 5.74) is 1.67. The van der Waals surface area contributed by atoms with Crippen molar-refractivity contribution in [3.8, 4) is 11.5 Å². The summed E-state index contributed by atoms with van der Waals surface area (Å²) in [5, 5.41) is 7.62. The van der Waals surface area contributed by atoms with E-state index in [0.29, 0.717) is 37.1 Å². The van der Waals surface area contributed by atoms with Crippen molar-refractivity contribution in [2.45, 2.75) is 25.8 Å². The number of hydrogen-bond acceptors (Lipinski definition) is 9. The van der Waals surface area contributed by atoms with Crippen LogP contribution in [0, 0.1) is 0 Å². The molecular weight excluding hydrogens is 526 g/mol. The third kappa shape index (κ3) is 6.83. The fourth-order valence-corrected chi connectivity index (χ4v) is 4.71. The van der Waals surface area contributed by atoms with E-state index in [0.717, 1.165) is 53.5 Å². The molecule has 2 aromatic carbocycles. The minimum Gasteiger partial charge on any atom is -0.493 e. The summed E-state index contributed by atoms with van der Waals surface area (Å²) in [6, 6.07) is 11.9. The molecule has 9 nitrogen and oxygen atoms in total. The number of benzene rings is 2. The van der Waals surface area contributed by atoms with Gasteiger partial charge in [-0.25, -0.2) is 9.97 Å². The van der Waals surface area contributed by atoms with Crippen LogP contribution < -0.4 is 20.1 Å². The Morgan fingerprint density at radius 2 is 2.14 bits per heavy atom. The Balaban J connectivity index is 1.42. The Bertz CT molecular complexity index is 1180. The minimum absolute atomic E-state index is 0.170. The Morgan fingerprint density at radius 3 is 2.94 bits per heavy atom. The maximum atomic E-state index is 12.0. The summed E-state index contributed by atoms with van der Waals surface area (Å²) in [6.45, 7) is 5.64. The van der Waals surface area contributed by atoms with Crippen LogP contribution in [-0.4, -0.2) is 73.4 Å². The van der Waals surface area contributed by atoms with Crippen molar-refractivity contribution in [2.75, 3.05) is 51.8 Å². The number of carbonyl (C=O) groups excluding carboxylic acids is 1. The van der Waals surface area contributed by atoms with Crippen molar-refractivity contribution >= 4 is 44.3 Å². The molecule has 10 heteroatoms. The summed E-state index contributed by atoms with van der Waals surface area (Å²) >= 11 is 3.50. The Kier molecular flexibility index (Phi) is 9.32. The highest BCUT2D eigenvalue weighted by molar-refractivity contribution is 9.10. The van der Waals surface area contributed by atoms with Gasteiger partial charge in [-0.1, -0.05) is 22.0 Å². The molecule has 4 rings (SSSR count). The number of halogens is 1. The Hall–Kier alpha value is -2.95. The summed E-state index contributed by atoms with van der Waals surface area (Å²) < 4.78 is 17.8. The first kappa shape index (κ1) is 26.1. The number of carbonyl (C=O) groups is 1. The van der Waals surface area contributed by atoms with Gasteiger partial charge in [0.25, 0.3) is 0 Å². The first-order valence-electron chi connectivity index (χ1n) is 12.2. The number of fused-ring (bicyclic) bond motifs is 1. The average molecular weight is 558 g/mol. The van der Waals surface area contributed by atoms with Gasteiger partial charge >= 0.3 is 5.97 Å². The highest BCUT2D eigenvalue weighted by atomic mass is 79.9. The van der Waals surface area contributed by atoms with Gasteiger partial charge in [-0.2, -0.15) is 0 Å². The number of anilines is 2. The number of ether oxygens (including phenoxy) is 3. The van der Waals surface area contributed by atoms with Gasteiger partial charge < -0.3 is 24.8 Å². The molecular formula is C26H32BrN5O4. The van der Waals surface area contributed by atoms with Gasteiger partial charge in [0.2, 0.25) is 0 Å². The van der Waals surface area contributed by atoms with Crippen LogP contribution in [0.25, 0.3) is 10.9 Å². The summed E-state index contributed by atoms with van der Waals surface area (Å²) in [5.74, 6) is 1.78. The Labute approximate surface area is 219 Å². The number of aromatic nitrogens is 2. The number of nitrogens with zero attached hydrogens (tertiary/aromatic N) is 3. The molecule has 0 amide bonds. The van der Waals surface area contributed by atoms with Crippen molar-refractivity contribution in [3.63, 3.8) is 0 Å². The van der Waals surface area contributed by atoms with Crippen molar-refractivity contribution in [1.29, 1.82) is 0 Å². The largest absolute Gasteiger partial charge is 0.493 e. The maximum absolute atomic E-state index is 12.0. The lowest BCUT2D eigenvalue weighted by atomic mass is 10.1. The van der Waals surface area contributed by atoms with E-state index in [9.17, 15) is 4.79 Å². The SMILES string of the molecule is CCOC(=O)CN1CCNCC1CCCOc1cc2c(Nc3cccc(Br)c3)ncnc2cc1OC. The molecule has 192 valence electrons. The van der Waals surface area contributed by atoms with Crippen molar-refractivity contribution in [2.24, 2.45) is 0 Å². The fourth-order valence-electron chi connectivity index (χ4n) is 4.31. The van der Waals surface area contributed by atoms with Crippen molar-refractivity contribution < 1.29 is 19.0 Å². The van der Waals surface area contributed by atoms with Gasteiger partial charge in [-0.15, -0.1) is 0 Å². The number of rotatable bonds is 11. The van der Waals surface area contributed by atoms with E-state index in [4.69, 9.17) is 14.2 Å². The number of piperazine rings is 1. The molecule has 2 N–H and O–H groups in total. The van der Waals surface area contributed by atoms with Gasteiger partial charge in [0.05, 0.1) is 32.4 Å². The van der Waals surface area contributed by atoms with Gasteiger partial charge in [0.1, 0.15) is 12.1 Å². The van der Waals surface area contributed by atoms with Crippen molar-refractivity contribution in [1.82, 2.24) is 20.2 Å². The van der Waals surface area contributed by atoms with Crippen LogP contribution in [0.3, 0.4) is 0 Å². The summed E-state index contributed by atoms with van der Waals surface area (Å²) in [6.07, 6.45) is 3.27. The summed E-state index contributed by atoms with van der Waals surface area (Å²) in [4.78, 5) is 23.0. The van der Waals surface area contributed by atoms with E-state index in [1.54, 1.807) is 7.11 Å². The zero-order valence-corrected chi connectivity index (χ0v) is 22.2. The smallest absolute Gasteiger partial charge is 0.320 e. The monoisotopic (exact) mass is 557 g/mol. The van der Waals surface area contributed by atoms with Crippen LogP contribution >= 0.6 is 15.9 Å². The Morgan fingerprint density at radius 1 is 1.25 bits per heavy atom. The van der Waals surface area contributed by atoms with E-state index in [1.165, 1.54) is 6.33 Å². The maximum Gasteiger partial charge on any atom is 0.320 e. The molecule has 3 aromatic rings. The molecule has 36 heavy (non-hydrogen) atoms. The van der Waals surface area contributed by atoms with Gasteiger partial charge in [0.15, 0.2) is 11.5 Å². The second-order valence-electron chi connectivity index (χ2n) is 8.50. The van der Waals surface area contributed by atoms with Crippen LogP contribution in [0.2, 0.25) is 0 Å². The lowest BCUT2D eigenvalue weighted by molar-refractivity contribution is -0.145. The van der Waals surface area contributed by atoms with Crippen LogP contribution in [0.4, 0.5) is 11.5 Å². The molecule has 0 bridgehead atoms. The third-order valence-corrected chi connectivity index (χ3v) is 6.55. The predicted octanol–water partition coefficient (Wildman–Crippen LogP) is 4.14. The van der Waals surface area contributed by atoms with Crippen LogP contribution in [0.15, 0.2) is 47.2 Å². The molecule has 1 fully saturated rings. The number of esters is 1. The second kappa shape index (κ2) is 12.8. The zero-order chi connectivity index (χ0) is 25.3. The van der Waals surface area contributed by atoms with E-state index in [1.807, 2.05) is 43.3 Å². The molecule has 0 spiro atoms. The lowest BCUT2D eigenvalue weighted by Crippen LogP contribution is -2.53. The quantitative estimate of drug-likeness (QED) is 0.266. The van der Waals surface area contributed by atoms with E-state index >= 15 is 0 Å². The molecule has 1 aromatic heterocycles. The predicted molar refractivity (Wildman–Crippen MR) is 143 cm³/mol. The topological polar surface area (TPSA) is 97.8 Å². The normalized spacial score (nSPS) is 16.0. The molecule has 0 aliphatic carbocycles. The van der Waals surface area contributed by atoms with Gasteiger partial charge in [-0.05, 0) is 44.0 Å². The molecule has 1 saturated heterocycles. The van der Waals surface area contributed by atoms with Crippen LogP contribution in [-0.2, 0) is 9.53 Å². The lowest BCUT2D eigenvalue weighted by Gasteiger charge is -2.35. The standard InChI is InChI=1S/C26H32BrN5O4/c1-3-35-25(33)16-32-10-9-28-15-20(32)8-5-11-36-24-13-21-22(14-23(24)34-2)29-17-30-26(21)31-19-7-4-6-18(27)12-19/h4,6-7,12-14,17,20,28H,3,5,8-11,15-16H2,1-2H3,(H,29,30,31). The number of nitrogens with one attached hydrogen (secondary N) is 2. The number of hydrogen-bond donors (Lipinski definition) is 2. The molecule has 2 heterocycles. The molecule has 1 unspecified atom stereocenters. The zero-order valence-electron chi connectivity index (χ0n) is 20.6. The number of methoxy groups -OCH3 is 1. The fraction of sp³-hybridized carbons (Fsp3) is 0.423. The first-order chi connectivity index (χ1) is 17.6. The van der Waals surface area contributed by atoms with Gasteiger partial charge in [0, 0.05) is 47.3 Å². The highest BCUT2D eigenvalue weighted by Crippen LogP contribution is 2.35. The molecule has 1 atom stereocenters. The third-order valence-electron chi connectivity index (χ3n) is 6.06. The highest BCUT2D eigenvalue weighted by Gasteiger charge is 2.24. The second-order valence-corrected chi connectivity index (χ2v) is 9.42. The van der Waals surface area contributed by atoms with Crippen LogP contribution in [0.5, 0.6) is 11.5 Å². The summed E-state index contributed by atoms with van der Waals surface area (Å²) in [7, 11) is 1.62. The van der Waals surface area contributed by atoms with E-state index in [-0.39, 0.29) is 12.0 Å². The van der Waals surface area contributed by atoms with E-state index in [2.05, 4.69) is 41.4 Å². The van der Waals surface area contributed by atoms with Gasteiger partial charge in [-0.3, -0.25) is 9.69 Å². The first-order valence-corrected chi connectivity index (χ1v) is 12.9. The molecule has 0 radical (unpaired) electrons. The van der Waals surface area contributed by atoms with Crippen molar-refractivity contribution in [3.05, 3.63) is 47.2 Å².